The zero-order valence-corrected chi connectivity index (χ0v) is 20.6. The summed E-state index contributed by atoms with van der Waals surface area (Å²) >= 11 is 13.9. The molecule has 0 saturated heterocycles. The van der Waals surface area contributed by atoms with E-state index < -0.39 is 0 Å². The standard InChI is InChI=1S/C24H27Cl2N3O2S/c1-3-13-28(14-4-2)22(30)10-7-15-32-24-27-20-9-6-5-8-18(20)23(31)29(24)21-12-11-17(25)16-19(21)26/h5-6,8-9,11-12,16H,3-4,7,10,13-15H2,1-2H3. The van der Waals surface area contributed by atoms with Crippen LogP contribution in [0.25, 0.3) is 16.6 Å². The van der Waals surface area contributed by atoms with Gasteiger partial charge in [0, 0.05) is 30.3 Å². The number of benzene rings is 2. The second-order valence-corrected chi connectivity index (χ2v) is 9.39. The van der Waals surface area contributed by atoms with Gasteiger partial charge in [0.25, 0.3) is 5.56 Å². The van der Waals surface area contributed by atoms with E-state index in [-0.39, 0.29) is 11.5 Å². The molecule has 0 aliphatic carbocycles. The largest absolute Gasteiger partial charge is 0.343 e. The average Bonchev–Trinajstić information content (AvgIpc) is 2.77. The Hall–Kier alpha value is -2.02. The molecule has 0 atom stereocenters. The van der Waals surface area contributed by atoms with Gasteiger partial charge >= 0.3 is 0 Å². The van der Waals surface area contributed by atoms with E-state index in [9.17, 15) is 9.59 Å². The van der Waals surface area contributed by atoms with Gasteiger partial charge in [-0.05, 0) is 49.6 Å². The van der Waals surface area contributed by atoms with Gasteiger partial charge in [-0.1, -0.05) is 60.9 Å². The highest BCUT2D eigenvalue weighted by Crippen LogP contribution is 2.28. The third-order valence-corrected chi connectivity index (χ3v) is 6.56. The molecule has 0 N–H and O–H groups in total. The molecule has 8 heteroatoms. The average molecular weight is 492 g/mol. The van der Waals surface area contributed by atoms with E-state index in [2.05, 4.69) is 13.8 Å². The van der Waals surface area contributed by atoms with Crippen LogP contribution in [-0.2, 0) is 4.79 Å². The molecule has 32 heavy (non-hydrogen) atoms. The van der Waals surface area contributed by atoms with E-state index in [0.717, 1.165) is 25.9 Å². The Morgan fingerprint density at radius 3 is 2.50 bits per heavy atom. The van der Waals surface area contributed by atoms with Crippen molar-refractivity contribution in [2.24, 2.45) is 0 Å². The zero-order chi connectivity index (χ0) is 23.1. The first-order valence-corrected chi connectivity index (χ1v) is 12.6. The SMILES string of the molecule is CCCN(CCC)C(=O)CCCSc1nc2ccccc2c(=O)n1-c1ccc(Cl)cc1Cl. The molecule has 170 valence electrons. The molecule has 0 fully saturated rings. The topological polar surface area (TPSA) is 55.2 Å². The van der Waals surface area contributed by atoms with Crippen LogP contribution in [0.2, 0.25) is 10.0 Å². The molecular formula is C24H27Cl2N3O2S. The van der Waals surface area contributed by atoms with Crippen LogP contribution in [0, 0.1) is 0 Å². The number of fused-ring (bicyclic) bond motifs is 1. The van der Waals surface area contributed by atoms with Crippen molar-refractivity contribution in [2.45, 2.75) is 44.7 Å². The van der Waals surface area contributed by atoms with Crippen molar-refractivity contribution < 1.29 is 4.79 Å². The molecule has 0 aliphatic heterocycles. The lowest BCUT2D eigenvalue weighted by Gasteiger charge is -2.21. The van der Waals surface area contributed by atoms with Gasteiger partial charge < -0.3 is 4.90 Å². The highest BCUT2D eigenvalue weighted by atomic mass is 35.5. The molecule has 0 saturated carbocycles. The summed E-state index contributed by atoms with van der Waals surface area (Å²) in [6.45, 7) is 5.75. The predicted octanol–water partition coefficient (Wildman–Crippen LogP) is 6.21. The van der Waals surface area contributed by atoms with Crippen LogP contribution >= 0.6 is 35.0 Å². The van der Waals surface area contributed by atoms with Gasteiger partial charge in [-0.15, -0.1) is 0 Å². The number of carbonyl (C=O) groups excluding carboxylic acids is 1. The van der Waals surface area contributed by atoms with E-state index in [1.165, 1.54) is 16.3 Å². The lowest BCUT2D eigenvalue weighted by atomic mass is 10.2. The van der Waals surface area contributed by atoms with Crippen LogP contribution in [0.1, 0.15) is 39.5 Å². The van der Waals surface area contributed by atoms with Crippen molar-refractivity contribution in [1.29, 1.82) is 0 Å². The number of carbonyl (C=O) groups is 1. The predicted molar refractivity (Wildman–Crippen MR) is 134 cm³/mol. The Morgan fingerprint density at radius 1 is 1.09 bits per heavy atom. The molecular weight excluding hydrogens is 465 g/mol. The van der Waals surface area contributed by atoms with Crippen LogP contribution in [-0.4, -0.2) is 39.2 Å². The summed E-state index contributed by atoms with van der Waals surface area (Å²) < 4.78 is 1.54. The van der Waals surface area contributed by atoms with Gasteiger partial charge in [-0.3, -0.25) is 14.2 Å². The van der Waals surface area contributed by atoms with E-state index >= 15 is 0 Å². The van der Waals surface area contributed by atoms with Gasteiger partial charge in [-0.25, -0.2) is 4.98 Å². The maximum absolute atomic E-state index is 13.3. The van der Waals surface area contributed by atoms with Crippen LogP contribution < -0.4 is 5.56 Å². The van der Waals surface area contributed by atoms with E-state index in [1.807, 2.05) is 23.1 Å². The number of nitrogens with zero attached hydrogens (tertiary/aromatic N) is 3. The number of hydrogen-bond acceptors (Lipinski definition) is 4. The minimum atomic E-state index is -0.185. The van der Waals surface area contributed by atoms with Gasteiger partial charge in [0.2, 0.25) is 5.91 Å². The van der Waals surface area contributed by atoms with E-state index in [0.29, 0.717) is 50.4 Å². The number of aromatic nitrogens is 2. The highest BCUT2D eigenvalue weighted by Gasteiger charge is 2.16. The molecule has 0 unspecified atom stereocenters. The fraction of sp³-hybridized carbons (Fsp3) is 0.375. The van der Waals surface area contributed by atoms with Crippen LogP contribution in [0.3, 0.4) is 0 Å². The molecule has 3 aromatic rings. The Balaban J connectivity index is 1.84. The van der Waals surface area contributed by atoms with Gasteiger partial charge in [0.1, 0.15) is 0 Å². The smallest absolute Gasteiger partial charge is 0.266 e. The van der Waals surface area contributed by atoms with Crippen molar-refractivity contribution >= 4 is 51.8 Å². The lowest BCUT2D eigenvalue weighted by Crippen LogP contribution is -2.32. The van der Waals surface area contributed by atoms with E-state index in [1.54, 1.807) is 24.3 Å². The molecule has 3 rings (SSSR count). The molecule has 1 aromatic heterocycles. The number of hydrogen-bond donors (Lipinski definition) is 0. The molecule has 2 aromatic carbocycles. The van der Waals surface area contributed by atoms with Crippen molar-refractivity contribution in [3.63, 3.8) is 0 Å². The van der Waals surface area contributed by atoms with Gasteiger partial charge in [0.05, 0.1) is 21.6 Å². The Labute approximate surface area is 202 Å². The number of amides is 1. The minimum absolute atomic E-state index is 0.180. The van der Waals surface area contributed by atoms with Crippen molar-refractivity contribution in [3.8, 4) is 5.69 Å². The lowest BCUT2D eigenvalue weighted by molar-refractivity contribution is -0.131. The van der Waals surface area contributed by atoms with Crippen LogP contribution in [0.15, 0.2) is 52.4 Å². The molecule has 1 heterocycles. The first-order valence-electron chi connectivity index (χ1n) is 10.8. The fourth-order valence-electron chi connectivity index (χ4n) is 3.53. The number of para-hydroxylation sites is 1. The van der Waals surface area contributed by atoms with E-state index in [4.69, 9.17) is 28.2 Å². The number of rotatable bonds is 10. The first-order chi connectivity index (χ1) is 15.5. The summed E-state index contributed by atoms with van der Waals surface area (Å²) in [6.07, 6.45) is 3.09. The first kappa shape index (κ1) is 24.6. The van der Waals surface area contributed by atoms with Gasteiger partial charge in [0.15, 0.2) is 5.16 Å². The molecule has 0 spiro atoms. The molecule has 0 aliphatic rings. The summed E-state index contributed by atoms with van der Waals surface area (Å²) in [4.78, 5) is 32.5. The minimum Gasteiger partial charge on any atom is -0.343 e. The summed E-state index contributed by atoms with van der Waals surface area (Å²) in [7, 11) is 0. The number of thioether (sulfide) groups is 1. The van der Waals surface area contributed by atoms with Crippen LogP contribution in [0.5, 0.6) is 0 Å². The Kier molecular flexibility index (Phi) is 9.02. The van der Waals surface area contributed by atoms with Crippen LogP contribution in [0.4, 0.5) is 0 Å². The number of halogens is 2. The summed E-state index contributed by atoms with van der Waals surface area (Å²) in [5.74, 6) is 0.840. The maximum atomic E-state index is 13.3. The quantitative estimate of drug-likeness (QED) is 0.192. The highest BCUT2D eigenvalue weighted by molar-refractivity contribution is 7.99. The second kappa shape index (κ2) is 11.7. The maximum Gasteiger partial charge on any atom is 0.266 e. The van der Waals surface area contributed by atoms with Crippen molar-refractivity contribution in [1.82, 2.24) is 14.5 Å². The third-order valence-electron chi connectivity index (χ3n) is 5.00. The fourth-order valence-corrected chi connectivity index (χ4v) is 4.97. The van der Waals surface area contributed by atoms with Crippen molar-refractivity contribution in [2.75, 3.05) is 18.8 Å². The monoisotopic (exact) mass is 491 g/mol. The molecule has 5 nitrogen and oxygen atoms in total. The third kappa shape index (κ3) is 5.85. The molecule has 0 bridgehead atoms. The Morgan fingerprint density at radius 2 is 1.81 bits per heavy atom. The Bertz CT molecular complexity index is 1140. The molecule has 0 radical (unpaired) electrons. The summed E-state index contributed by atoms with van der Waals surface area (Å²) in [5, 5.41) is 1.94. The molecule has 1 amide bonds. The summed E-state index contributed by atoms with van der Waals surface area (Å²) in [6, 6.07) is 12.3. The van der Waals surface area contributed by atoms with Crippen molar-refractivity contribution in [3.05, 3.63) is 62.9 Å². The summed E-state index contributed by atoms with van der Waals surface area (Å²) in [5.41, 5.74) is 0.986. The van der Waals surface area contributed by atoms with Gasteiger partial charge in [-0.2, -0.15) is 0 Å². The normalized spacial score (nSPS) is 11.1. The second-order valence-electron chi connectivity index (χ2n) is 7.48. The zero-order valence-electron chi connectivity index (χ0n) is 18.3.